The molecule has 0 aliphatic carbocycles. The van der Waals surface area contributed by atoms with Gasteiger partial charge in [0.05, 0.1) is 56.7 Å². The Morgan fingerprint density at radius 3 is 1.46 bits per heavy atom. The van der Waals surface area contributed by atoms with Gasteiger partial charge in [-0.25, -0.2) is 17.6 Å². The molecule has 0 atom stereocenters. The summed E-state index contributed by atoms with van der Waals surface area (Å²) >= 11 is 2.77. The predicted molar refractivity (Wildman–Crippen MR) is 177 cm³/mol. The van der Waals surface area contributed by atoms with Gasteiger partial charge in [0.15, 0.2) is 0 Å². The Labute approximate surface area is 310 Å². The topological polar surface area (TPSA) is 114 Å². The van der Waals surface area contributed by atoms with Crippen LogP contribution in [-0.4, -0.2) is 18.3 Å². The third kappa shape index (κ3) is 9.77. The molecule has 0 N–H and O–H groups in total. The maximum atomic E-state index is 13.9. The van der Waals surface area contributed by atoms with E-state index >= 15 is 0 Å². The number of nitriles is 4. The fourth-order valence-corrected chi connectivity index (χ4v) is 5.00. The van der Waals surface area contributed by atoms with Gasteiger partial charge in [-0.3, -0.25) is 0 Å². The van der Waals surface area contributed by atoms with Crippen LogP contribution >= 0.6 is 15.9 Å². The summed E-state index contributed by atoms with van der Waals surface area (Å²) in [7, 11) is -0.979. The van der Waals surface area contributed by atoms with E-state index in [2.05, 4.69) is 15.9 Å². The smallest absolute Gasteiger partial charge is 0.399 e. The zero-order valence-electron chi connectivity index (χ0n) is 28.1. The van der Waals surface area contributed by atoms with Crippen LogP contribution in [0.2, 0.25) is 0 Å². The number of halogens is 11. The molecule has 4 aromatic carbocycles. The normalized spacial score (nSPS) is 14.2. The highest BCUT2D eigenvalue weighted by atomic mass is 79.9. The quantitative estimate of drug-likeness (QED) is 0.147. The van der Waals surface area contributed by atoms with Crippen LogP contribution in [0.1, 0.15) is 61.1 Å². The molecule has 1 aliphatic rings. The molecule has 1 heterocycles. The number of benzene rings is 4. The van der Waals surface area contributed by atoms with Gasteiger partial charge in [-0.05, 0) is 87.9 Å². The molecular formula is C36H22BBrF10N4O2. The predicted octanol–water partition coefficient (Wildman–Crippen LogP) is 9.87. The lowest BCUT2D eigenvalue weighted by Gasteiger charge is -2.32. The maximum Gasteiger partial charge on any atom is 0.497 e. The molecule has 1 saturated heterocycles. The minimum Gasteiger partial charge on any atom is -0.399 e. The molecular weight excluding hydrogens is 801 g/mol. The van der Waals surface area contributed by atoms with Gasteiger partial charge in [0.1, 0.15) is 35.4 Å². The molecule has 0 unspecified atom stereocenters. The van der Waals surface area contributed by atoms with Crippen molar-refractivity contribution in [3.05, 3.63) is 122 Å². The average Bonchev–Trinajstić information content (AvgIpc) is 3.31. The van der Waals surface area contributed by atoms with Gasteiger partial charge in [-0.1, -0.05) is 22.0 Å². The van der Waals surface area contributed by atoms with Crippen molar-refractivity contribution in [1.29, 1.82) is 21.0 Å². The molecule has 0 saturated carbocycles. The minimum atomic E-state index is -4.85. The zero-order chi connectivity index (χ0) is 41.0. The number of alkyl halides is 6. The highest BCUT2D eigenvalue weighted by molar-refractivity contribution is 9.10. The van der Waals surface area contributed by atoms with Gasteiger partial charge in [-0.15, -0.1) is 0 Å². The molecule has 0 radical (unpaired) electrons. The fourth-order valence-electron chi connectivity index (χ4n) is 4.53. The van der Waals surface area contributed by atoms with Crippen molar-refractivity contribution in [2.24, 2.45) is 0 Å². The summed E-state index contributed by atoms with van der Waals surface area (Å²) in [5.41, 5.74) is -5.82. The second-order valence-electron chi connectivity index (χ2n) is 12.2. The molecule has 0 spiro atoms. The summed E-state index contributed by atoms with van der Waals surface area (Å²) in [6, 6.07) is 14.9. The average molecular weight is 823 g/mol. The summed E-state index contributed by atoms with van der Waals surface area (Å²) < 4.78 is 142. The fraction of sp³-hybridized carbons (Fsp3) is 0.222. The lowest BCUT2D eigenvalue weighted by Crippen LogP contribution is -2.41. The Morgan fingerprint density at radius 1 is 0.556 bits per heavy atom. The Hall–Kier alpha value is -5.40. The zero-order valence-corrected chi connectivity index (χ0v) is 29.7. The molecule has 6 nitrogen and oxygen atoms in total. The Bertz CT molecular complexity index is 2230. The number of hydrogen-bond acceptors (Lipinski definition) is 6. The van der Waals surface area contributed by atoms with E-state index in [0.717, 1.165) is 30.3 Å². The van der Waals surface area contributed by atoms with Crippen molar-refractivity contribution < 1.29 is 53.2 Å². The van der Waals surface area contributed by atoms with Crippen LogP contribution in [0.25, 0.3) is 11.1 Å². The van der Waals surface area contributed by atoms with E-state index in [1.54, 1.807) is 18.2 Å². The Balaban J connectivity index is 0.000000225. The van der Waals surface area contributed by atoms with Crippen molar-refractivity contribution in [2.75, 3.05) is 0 Å². The molecule has 5 rings (SSSR count). The van der Waals surface area contributed by atoms with Gasteiger partial charge in [0.2, 0.25) is 0 Å². The molecule has 0 aromatic heterocycles. The van der Waals surface area contributed by atoms with E-state index in [1.807, 2.05) is 27.7 Å². The maximum absolute atomic E-state index is 13.9. The number of nitrogens with zero attached hydrogens (tertiary/aromatic N) is 4. The lowest BCUT2D eigenvalue weighted by molar-refractivity contribution is -0.138. The second kappa shape index (κ2) is 16.3. The number of hydrogen-bond donors (Lipinski definition) is 0. The monoisotopic (exact) mass is 822 g/mol. The molecule has 278 valence electrons. The summed E-state index contributed by atoms with van der Waals surface area (Å²) in [5, 5.41) is 34.3. The SMILES string of the molecule is CC1(C)OB(c2cc(F)c(C#N)cc2F)OC1(C)C.N#Cc1ccc(-c2cc(F)c(C#N)cc2F)c(C(F)(F)F)c1.N#Cc1ccc(Br)c(C(F)(F)F)c1. The number of rotatable bonds is 2. The molecule has 54 heavy (non-hydrogen) atoms. The van der Waals surface area contributed by atoms with Crippen LogP contribution in [0.5, 0.6) is 0 Å². The highest BCUT2D eigenvalue weighted by Gasteiger charge is 2.52. The van der Waals surface area contributed by atoms with Gasteiger partial charge in [0, 0.05) is 15.5 Å². The third-order valence-electron chi connectivity index (χ3n) is 8.04. The van der Waals surface area contributed by atoms with Crippen LogP contribution in [0.3, 0.4) is 0 Å². The van der Waals surface area contributed by atoms with Gasteiger partial charge < -0.3 is 9.31 Å². The third-order valence-corrected chi connectivity index (χ3v) is 8.73. The van der Waals surface area contributed by atoms with E-state index in [0.29, 0.717) is 18.2 Å². The molecule has 0 amide bonds. The highest BCUT2D eigenvalue weighted by Crippen LogP contribution is 2.40. The molecule has 18 heteroatoms. The van der Waals surface area contributed by atoms with Crippen molar-refractivity contribution >= 4 is 28.5 Å². The molecule has 4 aromatic rings. The van der Waals surface area contributed by atoms with E-state index in [1.165, 1.54) is 18.2 Å². The van der Waals surface area contributed by atoms with Gasteiger partial charge >= 0.3 is 19.5 Å². The first-order valence-electron chi connectivity index (χ1n) is 14.9. The molecule has 1 aliphatic heterocycles. The van der Waals surface area contributed by atoms with Gasteiger partial charge in [0.25, 0.3) is 0 Å². The van der Waals surface area contributed by atoms with Crippen molar-refractivity contribution in [1.82, 2.24) is 0 Å². The second-order valence-corrected chi connectivity index (χ2v) is 13.0. The summed E-state index contributed by atoms with van der Waals surface area (Å²) in [5.74, 6) is -3.78. The van der Waals surface area contributed by atoms with Crippen LogP contribution in [-0.2, 0) is 21.7 Å². The van der Waals surface area contributed by atoms with Crippen LogP contribution < -0.4 is 5.46 Å². The molecule has 0 bridgehead atoms. The van der Waals surface area contributed by atoms with Gasteiger partial charge in [-0.2, -0.15) is 47.4 Å². The van der Waals surface area contributed by atoms with Crippen LogP contribution in [0.4, 0.5) is 43.9 Å². The van der Waals surface area contributed by atoms with E-state index in [-0.39, 0.29) is 26.6 Å². The first kappa shape index (κ1) is 43.0. The standard InChI is InChI=1S/C15H5F5N2.C13H14BF2NO2.C8H3BrF3N/c16-13-5-11(14(17)4-9(13)7-22)10-2-1-8(6-21)3-12(10)15(18,19)20;1-12(2)13(3,4)19-14(18-12)9-6-10(15)8(7-17)5-11(9)16;9-7-2-1-5(4-13)3-6(7)8(10,11)12/h1-5H;5-6H,1-4H3;1-3H. The van der Waals surface area contributed by atoms with E-state index in [9.17, 15) is 43.9 Å². The van der Waals surface area contributed by atoms with E-state index < -0.39 is 81.8 Å². The van der Waals surface area contributed by atoms with Crippen LogP contribution in [0, 0.1) is 68.6 Å². The summed E-state index contributed by atoms with van der Waals surface area (Å²) in [6.07, 6.45) is -9.27. The largest absolute Gasteiger partial charge is 0.497 e. The van der Waals surface area contributed by atoms with E-state index in [4.69, 9.17) is 30.4 Å². The molecule has 1 fully saturated rings. The van der Waals surface area contributed by atoms with Crippen molar-refractivity contribution in [2.45, 2.75) is 51.2 Å². The lowest BCUT2D eigenvalue weighted by atomic mass is 9.78. The minimum absolute atomic E-state index is 0.00414. The van der Waals surface area contributed by atoms with Crippen LogP contribution in [0.15, 0.2) is 65.1 Å². The first-order chi connectivity index (χ1) is 24.9. The Kier molecular flexibility index (Phi) is 13.0. The summed E-state index contributed by atoms with van der Waals surface area (Å²) in [4.78, 5) is 0. The first-order valence-corrected chi connectivity index (χ1v) is 15.7. The van der Waals surface area contributed by atoms with Crippen molar-refractivity contribution in [3.63, 3.8) is 0 Å². The summed E-state index contributed by atoms with van der Waals surface area (Å²) in [6.45, 7) is 7.30. The van der Waals surface area contributed by atoms with Crippen molar-refractivity contribution in [3.8, 4) is 35.4 Å². The Morgan fingerprint density at radius 2 is 1.00 bits per heavy atom.